The number of phenols is 1. The van der Waals surface area contributed by atoms with Crippen molar-refractivity contribution in [1.29, 1.82) is 0 Å². The number of methoxy groups -OCH3 is 1. The number of hydrogen-bond acceptors (Lipinski definition) is 6. The summed E-state index contributed by atoms with van der Waals surface area (Å²) in [7, 11) is 1.38. The van der Waals surface area contributed by atoms with Crippen LogP contribution in [-0.2, 0) is 11.2 Å². The van der Waals surface area contributed by atoms with Gasteiger partial charge >= 0.3 is 0 Å². The Labute approximate surface area is 147 Å². The van der Waals surface area contributed by atoms with Crippen LogP contribution in [0.5, 0.6) is 11.5 Å². The van der Waals surface area contributed by atoms with Gasteiger partial charge in [-0.3, -0.25) is 14.9 Å². The topological polar surface area (TPSA) is 114 Å². The molecule has 2 aromatic carbocycles. The molecule has 0 aliphatic heterocycles. The molecule has 0 unspecified atom stereocenters. The zero-order chi connectivity index (χ0) is 18.4. The number of aromatic hydroxyl groups is 1. The molecule has 0 bridgehead atoms. The molecule has 2 aromatic rings. The second-order valence-electron chi connectivity index (χ2n) is 4.91. The first-order valence-electron chi connectivity index (χ1n) is 7.03. The molecule has 2 N–H and O–H groups in total. The number of nitrogens with zero attached hydrogens (tertiary/aromatic N) is 2. The van der Waals surface area contributed by atoms with E-state index in [9.17, 15) is 20.0 Å². The third kappa shape index (κ3) is 4.67. The Morgan fingerprint density at radius 3 is 2.84 bits per heavy atom. The molecule has 0 saturated carbocycles. The lowest BCUT2D eigenvalue weighted by atomic mass is 10.1. The lowest BCUT2D eigenvalue weighted by Crippen LogP contribution is -2.20. The molecule has 0 fully saturated rings. The van der Waals surface area contributed by atoms with Crippen LogP contribution in [0.2, 0.25) is 5.02 Å². The van der Waals surface area contributed by atoms with Crippen molar-refractivity contribution >= 4 is 29.4 Å². The summed E-state index contributed by atoms with van der Waals surface area (Å²) in [5, 5.41) is 24.4. The minimum absolute atomic E-state index is 0.0760. The second kappa shape index (κ2) is 8.11. The van der Waals surface area contributed by atoms with Crippen LogP contribution >= 0.6 is 11.6 Å². The van der Waals surface area contributed by atoms with Gasteiger partial charge in [0.25, 0.3) is 5.69 Å². The number of hydrogen-bond donors (Lipinski definition) is 2. The standard InChI is InChI=1S/C16H14ClN3O5/c1-25-14-7-10(6-12(17)16(14)22)9-18-19-15(21)8-11-4-2-3-5-13(11)20(23)24/h2-7,9,22H,8H2,1H3,(H,19,21)/b18-9+. The molecule has 1 amide bonds. The number of carbonyl (C=O) groups excluding carboxylic acids is 1. The Morgan fingerprint density at radius 1 is 1.44 bits per heavy atom. The van der Waals surface area contributed by atoms with Crippen molar-refractivity contribution in [2.24, 2.45) is 5.10 Å². The first-order valence-corrected chi connectivity index (χ1v) is 7.41. The van der Waals surface area contributed by atoms with E-state index in [0.717, 1.165) is 0 Å². The van der Waals surface area contributed by atoms with E-state index >= 15 is 0 Å². The largest absolute Gasteiger partial charge is 0.503 e. The summed E-state index contributed by atoms with van der Waals surface area (Å²) < 4.78 is 4.96. The SMILES string of the molecule is COc1cc(/C=N/NC(=O)Cc2ccccc2[N+](=O)[O-])cc(Cl)c1O. The summed E-state index contributed by atoms with van der Waals surface area (Å²) in [5.74, 6) is -0.538. The highest BCUT2D eigenvalue weighted by Crippen LogP contribution is 2.34. The number of para-hydroxylation sites is 1. The quantitative estimate of drug-likeness (QED) is 0.465. The van der Waals surface area contributed by atoms with Crippen LogP contribution in [0.25, 0.3) is 0 Å². The minimum atomic E-state index is -0.545. The molecule has 0 heterocycles. The predicted molar refractivity (Wildman–Crippen MR) is 92.2 cm³/mol. The molecule has 0 aromatic heterocycles. The first kappa shape index (κ1) is 18.2. The number of hydrazone groups is 1. The van der Waals surface area contributed by atoms with E-state index in [2.05, 4.69) is 10.5 Å². The molecule has 25 heavy (non-hydrogen) atoms. The summed E-state index contributed by atoms with van der Waals surface area (Å²) in [4.78, 5) is 22.3. The molecule has 0 radical (unpaired) electrons. The number of nitro benzene ring substituents is 1. The van der Waals surface area contributed by atoms with E-state index in [1.54, 1.807) is 6.07 Å². The van der Waals surface area contributed by atoms with Gasteiger partial charge in [-0.05, 0) is 17.7 Å². The fourth-order valence-corrected chi connectivity index (χ4v) is 2.27. The van der Waals surface area contributed by atoms with Gasteiger partial charge in [-0.25, -0.2) is 5.43 Å². The minimum Gasteiger partial charge on any atom is -0.503 e. The number of rotatable bonds is 6. The fraction of sp³-hybridized carbons (Fsp3) is 0.125. The number of amides is 1. The van der Waals surface area contributed by atoms with Gasteiger partial charge in [0, 0.05) is 11.6 Å². The maximum atomic E-state index is 11.9. The van der Waals surface area contributed by atoms with Crippen LogP contribution in [0.15, 0.2) is 41.5 Å². The van der Waals surface area contributed by atoms with Crippen molar-refractivity contribution in [3.63, 3.8) is 0 Å². The third-order valence-electron chi connectivity index (χ3n) is 3.21. The van der Waals surface area contributed by atoms with E-state index in [0.29, 0.717) is 5.56 Å². The monoisotopic (exact) mass is 363 g/mol. The van der Waals surface area contributed by atoms with Gasteiger partial charge in [0.15, 0.2) is 11.5 Å². The van der Waals surface area contributed by atoms with Crippen molar-refractivity contribution in [2.75, 3.05) is 7.11 Å². The van der Waals surface area contributed by atoms with Gasteiger partial charge in [0.05, 0.1) is 29.7 Å². The first-order chi connectivity index (χ1) is 11.9. The number of nitrogens with one attached hydrogen (secondary N) is 1. The van der Waals surface area contributed by atoms with E-state index in [-0.39, 0.29) is 34.2 Å². The number of ether oxygens (including phenoxy) is 1. The molecule has 0 aliphatic carbocycles. The molecule has 0 aliphatic rings. The van der Waals surface area contributed by atoms with Crippen LogP contribution in [0.3, 0.4) is 0 Å². The van der Waals surface area contributed by atoms with Crippen molar-refractivity contribution < 1.29 is 19.6 Å². The van der Waals surface area contributed by atoms with Gasteiger partial charge in [-0.15, -0.1) is 0 Å². The molecule has 0 spiro atoms. The maximum absolute atomic E-state index is 11.9. The summed E-state index contributed by atoms with van der Waals surface area (Å²) >= 11 is 5.85. The Hall–Kier alpha value is -3.13. The Bertz CT molecular complexity index is 839. The van der Waals surface area contributed by atoms with E-state index in [4.69, 9.17) is 16.3 Å². The van der Waals surface area contributed by atoms with Gasteiger partial charge in [0.1, 0.15) is 0 Å². The molecular formula is C16H14ClN3O5. The van der Waals surface area contributed by atoms with Crippen LogP contribution in [0, 0.1) is 10.1 Å². The van der Waals surface area contributed by atoms with Crippen molar-refractivity contribution in [2.45, 2.75) is 6.42 Å². The van der Waals surface area contributed by atoms with Crippen molar-refractivity contribution in [1.82, 2.24) is 5.43 Å². The van der Waals surface area contributed by atoms with E-state index < -0.39 is 10.8 Å². The highest BCUT2D eigenvalue weighted by atomic mass is 35.5. The second-order valence-corrected chi connectivity index (χ2v) is 5.32. The van der Waals surface area contributed by atoms with E-state index in [1.165, 1.54) is 43.7 Å². The van der Waals surface area contributed by atoms with Gasteiger partial charge in [0.2, 0.25) is 5.91 Å². The predicted octanol–water partition coefficient (Wildman–Crippen LogP) is 2.66. The summed E-state index contributed by atoms with van der Waals surface area (Å²) in [6.45, 7) is 0. The molecule has 0 saturated heterocycles. The van der Waals surface area contributed by atoms with Crippen molar-refractivity contribution in [3.8, 4) is 11.5 Å². The van der Waals surface area contributed by atoms with Gasteiger partial charge < -0.3 is 9.84 Å². The highest BCUT2D eigenvalue weighted by Gasteiger charge is 2.15. The van der Waals surface area contributed by atoms with Crippen LogP contribution in [0.1, 0.15) is 11.1 Å². The summed E-state index contributed by atoms with van der Waals surface area (Å²) in [5.41, 5.74) is 2.93. The number of phenolic OH excluding ortho intramolecular Hbond substituents is 1. The Morgan fingerprint density at radius 2 is 2.16 bits per heavy atom. The summed E-state index contributed by atoms with van der Waals surface area (Å²) in [6, 6.07) is 8.90. The average molecular weight is 364 g/mol. The summed E-state index contributed by atoms with van der Waals surface area (Å²) in [6.07, 6.45) is 1.12. The highest BCUT2D eigenvalue weighted by molar-refractivity contribution is 6.32. The molecule has 0 atom stereocenters. The molecule has 8 nitrogen and oxygen atoms in total. The molecule has 130 valence electrons. The molecule has 2 rings (SSSR count). The Kier molecular flexibility index (Phi) is 5.91. The number of carbonyl (C=O) groups is 1. The number of benzene rings is 2. The number of halogens is 1. The van der Waals surface area contributed by atoms with Crippen molar-refractivity contribution in [3.05, 3.63) is 62.7 Å². The molecule has 9 heteroatoms. The van der Waals surface area contributed by atoms with Crippen LogP contribution in [-0.4, -0.2) is 29.3 Å². The maximum Gasteiger partial charge on any atom is 0.273 e. The third-order valence-corrected chi connectivity index (χ3v) is 3.50. The van der Waals surface area contributed by atoms with Gasteiger partial charge in [-0.1, -0.05) is 29.8 Å². The van der Waals surface area contributed by atoms with E-state index in [1.807, 2.05) is 0 Å². The zero-order valence-corrected chi connectivity index (χ0v) is 13.9. The van der Waals surface area contributed by atoms with Crippen LogP contribution < -0.4 is 10.2 Å². The average Bonchev–Trinajstić information content (AvgIpc) is 2.58. The zero-order valence-electron chi connectivity index (χ0n) is 13.1. The Balaban J connectivity index is 2.04. The number of nitro groups is 1. The smallest absolute Gasteiger partial charge is 0.273 e. The molecular weight excluding hydrogens is 350 g/mol. The fourth-order valence-electron chi connectivity index (χ4n) is 2.05. The normalized spacial score (nSPS) is 10.6. The lowest BCUT2D eigenvalue weighted by molar-refractivity contribution is -0.385. The van der Waals surface area contributed by atoms with Gasteiger partial charge in [-0.2, -0.15) is 5.10 Å². The van der Waals surface area contributed by atoms with Crippen LogP contribution in [0.4, 0.5) is 5.69 Å². The lowest BCUT2D eigenvalue weighted by Gasteiger charge is -2.06.